The maximum absolute atomic E-state index is 11.7. The lowest BCUT2D eigenvalue weighted by molar-refractivity contribution is 0.1000. The maximum Gasteiger partial charge on any atom is 0.315 e. The minimum atomic E-state index is -0.458. The van der Waals surface area contributed by atoms with Crippen molar-refractivity contribution in [3.05, 3.63) is 70.2 Å². The quantitative estimate of drug-likeness (QED) is 0.759. The van der Waals surface area contributed by atoms with Gasteiger partial charge in [-0.2, -0.15) is 0 Å². The molecule has 0 aliphatic carbocycles. The van der Waals surface area contributed by atoms with E-state index >= 15 is 0 Å². The van der Waals surface area contributed by atoms with Crippen LogP contribution in [-0.2, 0) is 13.0 Å². The van der Waals surface area contributed by atoms with Crippen LogP contribution in [0, 0.1) is 0 Å². The van der Waals surface area contributed by atoms with Gasteiger partial charge in [0.05, 0.1) is 0 Å². The highest BCUT2D eigenvalue weighted by molar-refractivity contribution is 6.30. The number of hydrogen-bond donors (Lipinski definition) is 3. The Balaban J connectivity index is 1.73. The van der Waals surface area contributed by atoms with Crippen molar-refractivity contribution in [1.29, 1.82) is 0 Å². The Hall–Kier alpha value is -2.53. The van der Waals surface area contributed by atoms with Crippen molar-refractivity contribution in [3.8, 4) is 0 Å². The smallest absolute Gasteiger partial charge is 0.315 e. The monoisotopic (exact) mass is 331 g/mol. The summed E-state index contributed by atoms with van der Waals surface area (Å²) in [5, 5.41) is 6.20. The maximum atomic E-state index is 11.7. The summed E-state index contributed by atoms with van der Waals surface area (Å²) in [4.78, 5) is 22.8. The second-order valence-corrected chi connectivity index (χ2v) is 5.49. The number of carbonyl (C=O) groups is 2. The molecule has 0 aromatic heterocycles. The van der Waals surface area contributed by atoms with E-state index < -0.39 is 5.91 Å². The summed E-state index contributed by atoms with van der Waals surface area (Å²) < 4.78 is 0. The second-order valence-electron chi connectivity index (χ2n) is 5.05. The van der Waals surface area contributed by atoms with Crippen LogP contribution in [0.2, 0.25) is 5.02 Å². The zero-order chi connectivity index (χ0) is 16.7. The van der Waals surface area contributed by atoms with Crippen molar-refractivity contribution < 1.29 is 9.59 Å². The first-order chi connectivity index (χ1) is 11.0. The molecule has 0 saturated carbocycles. The second kappa shape index (κ2) is 8.19. The van der Waals surface area contributed by atoms with Crippen LogP contribution in [0.25, 0.3) is 0 Å². The molecule has 2 aromatic rings. The third-order valence-electron chi connectivity index (χ3n) is 3.28. The highest BCUT2D eigenvalue weighted by Gasteiger charge is 2.03. The van der Waals surface area contributed by atoms with E-state index in [0.29, 0.717) is 30.1 Å². The number of carbonyl (C=O) groups excluding carboxylic acids is 2. The number of urea groups is 1. The summed E-state index contributed by atoms with van der Waals surface area (Å²) in [6.07, 6.45) is 0.621. The van der Waals surface area contributed by atoms with Gasteiger partial charge in [-0.1, -0.05) is 35.9 Å². The molecule has 6 heteroatoms. The molecule has 0 radical (unpaired) electrons. The van der Waals surface area contributed by atoms with Crippen LogP contribution in [0.4, 0.5) is 4.79 Å². The predicted octanol–water partition coefficient (Wildman–Crippen LogP) is 2.48. The van der Waals surface area contributed by atoms with Crippen LogP contribution in [0.1, 0.15) is 21.5 Å². The SMILES string of the molecule is NC(=O)c1cccc(CCNC(=O)NCc2ccc(Cl)cc2)c1. The third-order valence-corrected chi connectivity index (χ3v) is 3.53. The van der Waals surface area contributed by atoms with E-state index in [0.717, 1.165) is 11.1 Å². The lowest BCUT2D eigenvalue weighted by Crippen LogP contribution is -2.36. The molecule has 0 unspecified atom stereocenters. The van der Waals surface area contributed by atoms with Crippen LogP contribution in [-0.4, -0.2) is 18.5 Å². The zero-order valence-electron chi connectivity index (χ0n) is 12.5. The van der Waals surface area contributed by atoms with Crippen LogP contribution >= 0.6 is 11.6 Å². The summed E-state index contributed by atoms with van der Waals surface area (Å²) in [5.74, 6) is -0.458. The molecule has 2 aromatic carbocycles. The number of halogens is 1. The summed E-state index contributed by atoms with van der Waals surface area (Å²) in [7, 11) is 0. The normalized spacial score (nSPS) is 10.1. The third kappa shape index (κ3) is 5.64. The van der Waals surface area contributed by atoms with Gasteiger partial charge in [0.25, 0.3) is 0 Å². The Morgan fingerprint density at radius 2 is 1.74 bits per heavy atom. The van der Waals surface area contributed by atoms with Crippen molar-refractivity contribution >= 4 is 23.5 Å². The van der Waals surface area contributed by atoms with Gasteiger partial charge in [-0.3, -0.25) is 4.79 Å². The van der Waals surface area contributed by atoms with E-state index in [2.05, 4.69) is 10.6 Å². The molecule has 23 heavy (non-hydrogen) atoms. The van der Waals surface area contributed by atoms with Gasteiger partial charge in [0.15, 0.2) is 0 Å². The van der Waals surface area contributed by atoms with Gasteiger partial charge in [-0.25, -0.2) is 4.79 Å². The first kappa shape index (κ1) is 16.8. The van der Waals surface area contributed by atoms with Gasteiger partial charge in [0.1, 0.15) is 0 Å². The number of nitrogens with two attached hydrogens (primary N) is 1. The first-order valence-corrected chi connectivity index (χ1v) is 7.57. The number of nitrogens with one attached hydrogen (secondary N) is 2. The van der Waals surface area contributed by atoms with Crippen molar-refractivity contribution in [3.63, 3.8) is 0 Å². The Kier molecular flexibility index (Phi) is 6.00. The summed E-state index contributed by atoms with van der Waals surface area (Å²) in [6.45, 7) is 0.898. The standard InChI is InChI=1S/C17H18ClN3O2/c18-15-6-4-13(5-7-15)11-21-17(23)20-9-8-12-2-1-3-14(10-12)16(19)22/h1-7,10H,8-9,11H2,(H2,19,22)(H2,20,21,23). The fraction of sp³-hybridized carbons (Fsp3) is 0.176. The lowest BCUT2D eigenvalue weighted by Gasteiger charge is -2.08. The average Bonchev–Trinajstić information content (AvgIpc) is 2.54. The number of amides is 3. The van der Waals surface area contributed by atoms with Crippen molar-refractivity contribution in [2.24, 2.45) is 5.73 Å². The molecule has 2 rings (SSSR count). The molecule has 0 fully saturated rings. The molecule has 0 saturated heterocycles. The molecular formula is C17H18ClN3O2. The van der Waals surface area contributed by atoms with E-state index in [9.17, 15) is 9.59 Å². The lowest BCUT2D eigenvalue weighted by atomic mass is 10.1. The van der Waals surface area contributed by atoms with Gasteiger partial charge in [0.2, 0.25) is 5.91 Å². The van der Waals surface area contributed by atoms with E-state index in [1.807, 2.05) is 18.2 Å². The van der Waals surface area contributed by atoms with Crippen LogP contribution in [0.5, 0.6) is 0 Å². The number of rotatable bonds is 6. The molecule has 3 amide bonds. The molecule has 0 bridgehead atoms. The molecule has 4 N–H and O–H groups in total. The topological polar surface area (TPSA) is 84.2 Å². The van der Waals surface area contributed by atoms with Gasteiger partial charge in [-0.15, -0.1) is 0 Å². The van der Waals surface area contributed by atoms with Crippen LogP contribution in [0.3, 0.4) is 0 Å². The first-order valence-electron chi connectivity index (χ1n) is 7.19. The summed E-state index contributed by atoms with van der Waals surface area (Å²) in [6, 6.07) is 14.1. The van der Waals surface area contributed by atoms with Gasteiger partial charge in [0, 0.05) is 23.7 Å². The van der Waals surface area contributed by atoms with Gasteiger partial charge >= 0.3 is 6.03 Å². The Labute approximate surface area is 139 Å². The van der Waals surface area contributed by atoms with Gasteiger partial charge < -0.3 is 16.4 Å². The number of hydrogen-bond acceptors (Lipinski definition) is 2. The highest BCUT2D eigenvalue weighted by Crippen LogP contribution is 2.09. The van der Waals surface area contributed by atoms with Gasteiger partial charge in [-0.05, 0) is 41.8 Å². The van der Waals surface area contributed by atoms with E-state index in [1.54, 1.807) is 30.3 Å². The minimum absolute atomic E-state index is 0.244. The largest absolute Gasteiger partial charge is 0.366 e. The van der Waals surface area contributed by atoms with E-state index in [-0.39, 0.29) is 6.03 Å². The molecule has 120 valence electrons. The van der Waals surface area contributed by atoms with Crippen LogP contribution < -0.4 is 16.4 Å². The minimum Gasteiger partial charge on any atom is -0.366 e. The zero-order valence-corrected chi connectivity index (χ0v) is 13.3. The van der Waals surface area contributed by atoms with Crippen molar-refractivity contribution in [2.75, 3.05) is 6.54 Å². The average molecular weight is 332 g/mol. The highest BCUT2D eigenvalue weighted by atomic mass is 35.5. The molecule has 0 heterocycles. The Morgan fingerprint density at radius 3 is 2.43 bits per heavy atom. The molecule has 0 aliphatic rings. The molecule has 0 spiro atoms. The predicted molar refractivity (Wildman–Crippen MR) is 90.4 cm³/mol. The van der Waals surface area contributed by atoms with Crippen LogP contribution in [0.15, 0.2) is 48.5 Å². The number of benzene rings is 2. The van der Waals surface area contributed by atoms with E-state index in [4.69, 9.17) is 17.3 Å². The summed E-state index contributed by atoms with van der Waals surface area (Å²) >= 11 is 5.80. The van der Waals surface area contributed by atoms with E-state index in [1.165, 1.54) is 0 Å². The van der Waals surface area contributed by atoms with Crippen molar-refractivity contribution in [2.45, 2.75) is 13.0 Å². The fourth-order valence-corrected chi connectivity index (χ4v) is 2.17. The number of primary amides is 1. The molecule has 5 nitrogen and oxygen atoms in total. The molecule has 0 aliphatic heterocycles. The fourth-order valence-electron chi connectivity index (χ4n) is 2.05. The summed E-state index contributed by atoms with van der Waals surface area (Å²) in [5.41, 5.74) is 7.62. The Bertz CT molecular complexity index is 686. The molecule has 0 atom stereocenters. The Morgan fingerprint density at radius 1 is 1.00 bits per heavy atom. The molecular weight excluding hydrogens is 314 g/mol. The van der Waals surface area contributed by atoms with Crippen molar-refractivity contribution in [1.82, 2.24) is 10.6 Å².